The quantitative estimate of drug-likeness (QED) is 0.584. The summed E-state index contributed by atoms with van der Waals surface area (Å²) in [6, 6.07) is 0.499. The van der Waals surface area contributed by atoms with Gasteiger partial charge in [-0.25, -0.2) is 0 Å². The third-order valence-corrected chi connectivity index (χ3v) is 4.17. The van der Waals surface area contributed by atoms with Crippen LogP contribution in [-0.4, -0.2) is 22.2 Å². The first kappa shape index (κ1) is 12.6. The second-order valence-corrected chi connectivity index (χ2v) is 5.28. The fourth-order valence-corrected chi connectivity index (χ4v) is 3.14. The molecule has 2 N–H and O–H groups in total. The fraction of sp³-hybridized carbons (Fsp3) is 0.615. The molecule has 0 radical (unpaired) electrons. The predicted molar refractivity (Wildman–Crippen MR) is 72.5 cm³/mol. The van der Waals surface area contributed by atoms with E-state index in [1.54, 1.807) is 6.08 Å². The largest absolute Gasteiger partial charge is 0.366 e. The van der Waals surface area contributed by atoms with E-state index in [2.05, 4.69) is 17.5 Å². The summed E-state index contributed by atoms with van der Waals surface area (Å²) in [5.41, 5.74) is 5.96. The summed E-state index contributed by atoms with van der Waals surface area (Å²) in [6.45, 7) is 0. The molecule has 1 heterocycles. The number of primary amides is 1. The van der Waals surface area contributed by atoms with Crippen LogP contribution in [0.25, 0.3) is 0 Å². The van der Waals surface area contributed by atoms with Crippen molar-refractivity contribution in [2.24, 2.45) is 5.73 Å². The van der Waals surface area contributed by atoms with Crippen molar-refractivity contribution in [2.75, 3.05) is 0 Å². The standard InChI is InChI=1S/C13H20N2OS/c14-12(16)11-8-5-9-15(13(11)17)10-6-3-1-2-4-7-10/h5,8-10,13,17H,1-4,6-7H2,(H2,14,16). The molecule has 2 rings (SSSR count). The number of carbonyl (C=O) groups excluding carboxylic acids is 1. The van der Waals surface area contributed by atoms with Crippen LogP contribution in [0.5, 0.6) is 0 Å². The highest BCUT2D eigenvalue weighted by molar-refractivity contribution is 7.81. The molecule has 0 bridgehead atoms. The molecule has 1 fully saturated rings. The summed E-state index contributed by atoms with van der Waals surface area (Å²) in [7, 11) is 0. The highest BCUT2D eigenvalue weighted by Crippen LogP contribution is 2.29. The van der Waals surface area contributed by atoms with Crippen LogP contribution in [-0.2, 0) is 4.79 Å². The minimum absolute atomic E-state index is 0.180. The van der Waals surface area contributed by atoms with Gasteiger partial charge in [-0.05, 0) is 25.0 Å². The maximum absolute atomic E-state index is 11.3. The molecule has 0 aromatic rings. The van der Waals surface area contributed by atoms with Crippen molar-refractivity contribution in [2.45, 2.75) is 49.9 Å². The monoisotopic (exact) mass is 252 g/mol. The van der Waals surface area contributed by atoms with E-state index in [1.807, 2.05) is 12.3 Å². The molecule has 17 heavy (non-hydrogen) atoms. The molecular weight excluding hydrogens is 232 g/mol. The van der Waals surface area contributed by atoms with Gasteiger partial charge in [0.05, 0.1) is 0 Å². The number of allylic oxidation sites excluding steroid dienone is 2. The van der Waals surface area contributed by atoms with Gasteiger partial charge < -0.3 is 10.6 Å². The van der Waals surface area contributed by atoms with Gasteiger partial charge in [0.1, 0.15) is 5.37 Å². The van der Waals surface area contributed by atoms with Crippen LogP contribution >= 0.6 is 12.6 Å². The van der Waals surface area contributed by atoms with Crippen molar-refractivity contribution in [3.63, 3.8) is 0 Å². The Bertz CT molecular complexity index is 343. The molecule has 4 heteroatoms. The van der Waals surface area contributed by atoms with E-state index < -0.39 is 0 Å². The lowest BCUT2D eigenvalue weighted by Crippen LogP contribution is -2.41. The second-order valence-electron chi connectivity index (χ2n) is 4.79. The van der Waals surface area contributed by atoms with Gasteiger partial charge in [0, 0.05) is 17.8 Å². The Kier molecular flexibility index (Phi) is 4.15. The number of hydrogen-bond acceptors (Lipinski definition) is 3. The number of nitrogens with zero attached hydrogens (tertiary/aromatic N) is 1. The van der Waals surface area contributed by atoms with Gasteiger partial charge in [-0.2, -0.15) is 0 Å². The lowest BCUT2D eigenvalue weighted by molar-refractivity contribution is -0.114. The lowest BCUT2D eigenvalue weighted by Gasteiger charge is -2.36. The van der Waals surface area contributed by atoms with E-state index in [0.29, 0.717) is 11.6 Å². The maximum atomic E-state index is 11.3. The number of amides is 1. The fourth-order valence-electron chi connectivity index (χ4n) is 2.66. The van der Waals surface area contributed by atoms with Crippen molar-refractivity contribution in [3.8, 4) is 0 Å². The van der Waals surface area contributed by atoms with Gasteiger partial charge in [0.2, 0.25) is 5.91 Å². The molecule has 0 saturated heterocycles. The van der Waals surface area contributed by atoms with Crippen LogP contribution in [0, 0.1) is 0 Å². The van der Waals surface area contributed by atoms with Gasteiger partial charge in [-0.3, -0.25) is 4.79 Å². The second kappa shape index (κ2) is 5.63. The average molecular weight is 252 g/mol. The molecule has 94 valence electrons. The van der Waals surface area contributed by atoms with E-state index >= 15 is 0 Å². The molecular formula is C13H20N2OS. The van der Waals surface area contributed by atoms with E-state index in [-0.39, 0.29) is 11.3 Å². The highest BCUT2D eigenvalue weighted by atomic mass is 32.1. The first-order valence-corrected chi connectivity index (χ1v) is 6.85. The smallest absolute Gasteiger partial charge is 0.247 e. The Morgan fingerprint density at radius 1 is 1.29 bits per heavy atom. The number of hydrogen-bond donors (Lipinski definition) is 2. The zero-order valence-electron chi connectivity index (χ0n) is 10.0. The lowest BCUT2D eigenvalue weighted by atomic mass is 10.0. The van der Waals surface area contributed by atoms with Gasteiger partial charge in [0.25, 0.3) is 0 Å². The minimum Gasteiger partial charge on any atom is -0.366 e. The normalized spacial score (nSPS) is 26.5. The average Bonchev–Trinajstić information content (AvgIpc) is 2.57. The summed E-state index contributed by atoms with van der Waals surface area (Å²) >= 11 is 4.54. The molecule has 0 aromatic carbocycles. The molecule has 1 atom stereocenters. The first-order chi connectivity index (χ1) is 8.20. The molecule has 3 nitrogen and oxygen atoms in total. The maximum Gasteiger partial charge on any atom is 0.247 e. The Hall–Kier alpha value is -0.900. The van der Waals surface area contributed by atoms with Crippen LogP contribution in [0.2, 0.25) is 0 Å². The molecule has 1 aliphatic heterocycles. The van der Waals surface area contributed by atoms with Crippen molar-refractivity contribution >= 4 is 18.5 Å². The number of thiol groups is 1. The Morgan fingerprint density at radius 3 is 2.53 bits per heavy atom. The van der Waals surface area contributed by atoms with Gasteiger partial charge in [-0.15, -0.1) is 12.6 Å². The summed E-state index contributed by atoms with van der Waals surface area (Å²) in [5.74, 6) is -0.368. The minimum atomic E-state index is -0.368. The number of rotatable bonds is 2. The molecule has 0 aromatic heterocycles. The van der Waals surface area contributed by atoms with Crippen LogP contribution in [0.4, 0.5) is 0 Å². The molecule has 2 aliphatic rings. The summed E-state index contributed by atoms with van der Waals surface area (Å²) in [6.07, 6.45) is 13.3. The van der Waals surface area contributed by atoms with Crippen molar-refractivity contribution in [1.29, 1.82) is 0 Å². The van der Waals surface area contributed by atoms with E-state index in [1.165, 1.54) is 38.5 Å². The highest BCUT2D eigenvalue weighted by Gasteiger charge is 2.28. The van der Waals surface area contributed by atoms with E-state index in [0.717, 1.165) is 0 Å². The Balaban J connectivity index is 2.09. The first-order valence-electron chi connectivity index (χ1n) is 6.34. The summed E-state index contributed by atoms with van der Waals surface area (Å²) in [4.78, 5) is 13.5. The predicted octanol–water partition coefficient (Wildman–Crippen LogP) is 2.21. The van der Waals surface area contributed by atoms with Crippen molar-refractivity contribution < 1.29 is 4.79 Å². The van der Waals surface area contributed by atoms with Crippen molar-refractivity contribution in [3.05, 3.63) is 23.9 Å². The van der Waals surface area contributed by atoms with Crippen molar-refractivity contribution in [1.82, 2.24) is 4.90 Å². The molecule has 1 saturated carbocycles. The molecule has 1 amide bonds. The van der Waals surface area contributed by atoms with Gasteiger partial charge in [-0.1, -0.05) is 25.7 Å². The zero-order chi connectivity index (χ0) is 12.3. The van der Waals surface area contributed by atoms with Crippen LogP contribution in [0.1, 0.15) is 38.5 Å². The Labute approximate surface area is 108 Å². The molecule has 0 spiro atoms. The van der Waals surface area contributed by atoms with Gasteiger partial charge in [0.15, 0.2) is 0 Å². The van der Waals surface area contributed by atoms with Crippen LogP contribution < -0.4 is 5.73 Å². The number of nitrogens with two attached hydrogens (primary N) is 1. The van der Waals surface area contributed by atoms with E-state index in [9.17, 15) is 4.79 Å². The Morgan fingerprint density at radius 2 is 1.94 bits per heavy atom. The summed E-state index contributed by atoms with van der Waals surface area (Å²) < 4.78 is 0. The van der Waals surface area contributed by atoms with Crippen LogP contribution in [0.3, 0.4) is 0 Å². The van der Waals surface area contributed by atoms with Crippen LogP contribution in [0.15, 0.2) is 23.9 Å². The zero-order valence-corrected chi connectivity index (χ0v) is 10.9. The molecule has 1 unspecified atom stereocenters. The molecule has 1 aliphatic carbocycles. The third kappa shape index (κ3) is 2.86. The third-order valence-electron chi connectivity index (χ3n) is 3.63. The summed E-state index contributed by atoms with van der Waals surface area (Å²) in [5, 5.41) is -0.180. The number of carbonyl (C=O) groups is 1. The van der Waals surface area contributed by atoms with E-state index in [4.69, 9.17) is 5.73 Å². The topological polar surface area (TPSA) is 46.3 Å². The van der Waals surface area contributed by atoms with Gasteiger partial charge >= 0.3 is 0 Å². The SMILES string of the molecule is NC(=O)C1=CC=CN(C2CCCCCC2)C1S.